The zero-order valence-corrected chi connectivity index (χ0v) is 19.2. The summed E-state index contributed by atoms with van der Waals surface area (Å²) in [5, 5.41) is 2.95. The largest absolute Gasteiger partial charge is 0.487 e. The van der Waals surface area contributed by atoms with Crippen LogP contribution in [0.1, 0.15) is 50.5 Å². The molecule has 2 aromatic rings. The molecule has 1 saturated carbocycles. The van der Waals surface area contributed by atoms with Crippen molar-refractivity contribution < 1.29 is 14.3 Å². The van der Waals surface area contributed by atoms with Crippen molar-refractivity contribution in [3.8, 4) is 5.75 Å². The zero-order chi connectivity index (χ0) is 22.8. The van der Waals surface area contributed by atoms with Gasteiger partial charge >= 0.3 is 6.03 Å². The van der Waals surface area contributed by atoms with Crippen molar-refractivity contribution in [1.29, 1.82) is 0 Å². The summed E-state index contributed by atoms with van der Waals surface area (Å²) >= 11 is 0. The van der Waals surface area contributed by atoms with Gasteiger partial charge in [0.05, 0.1) is 13.1 Å². The normalized spacial score (nSPS) is 20.5. The first kappa shape index (κ1) is 21.7. The van der Waals surface area contributed by atoms with Gasteiger partial charge in [-0.2, -0.15) is 0 Å². The molecule has 3 heterocycles. The molecule has 0 spiro atoms. The van der Waals surface area contributed by atoms with Gasteiger partial charge in [0.1, 0.15) is 11.9 Å². The lowest BCUT2D eigenvalue weighted by molar-refractivity contribution is -0.152. The van der Waals surface area contributed by atoms with Crippen molar-refractivity contribution in [3.05, 3.63) is 54.4 Å². The van der Waals surface area contributed by atoms with Gasteiger partial charge in [0.2, 0.25) is 5.91 Å². The van der Waals surface area contributed by atoms with Crippen LogP contribution in [0.2, 0.25) is 0 Å². The van der Waals surface area contributed by atoms with E-state index in [2.05, 4.69) is 23.3 Å². The van der Waals surface area contributed by atoms with Gasteiger partial charge < -0.3 is 19.9 Å². The van der Waals surface area contributed by atoms with Crippen LogP contribution in [0.5, 0.6) is 5.75 Å². The fraction of sp³-hybridized carbons (Fsp3) is 0.500. The molecular weight excluding hydrogens is 416 g/mol. The van der Waals surface area contributed by atoms with Gasteiger partial charge in [-0.05, 0) is 48.7 Å². The number of aromatic nitrogens is 1. The molecule has 2 aliphatic heterocycles. The number of urea groups is 1. The molecule has 1 aromatic heterocycles. The van der Waals surface area contributed by atoms with E-state index in [-0.39, 0.29) is 23.5 Å². The van der Waals surface area contributed by atoms with Crippen molar-refractivity contribution in [3.63, 3.8) is 0 Å². The summed E-state index contributed by atoms with van der Waals surface area (Å²) in [6, 6.07) is 11.4. The number of anilines is 1. The van der Waals surface area contributed by atoms with Crippen LogP contribution in [-0.2, 0) is 4.79 Å². The number of ether oxygens (including phenoxy) is 1. The highest BCUT2D eigenvalue weighted by molar-refractivity contribution is 5.90. The Morgan fingerprint density at radius 1 is 1.00 bits per heavy atom. The minimum Gasteiger partial charge on any atom is -0.487 e. The standard InChI is InChI=1S/C26H32N4O3/c1-26(11-3-2-4-12-26)24(31)29-17-23(18-29)33-22-9-7-21(8-10-22)28-25(32)30-15-20(16-30)19-6-5-13-27-14-19/h5-10,13-14,20,23H,2-4,11-12,15-18H2,1H3,(H,28,32). The predicted molar refractivity (Wildman–Crippen MR) is 126 cm³/mol. The highest BCUT2D eigenvalue weighted by Crippen LogP contribution is 2.38. The van der Waals surface area contributed by atoms with Crippen molar-refractivity contribution in [2.24, 2.45) is 5.41 Å². The first-order valence-electron chi connectivity index (χ1n) is 12.0. The molecule has 1 aromatic carbocycles. The third-order valence-corrected chi connectivity index (χ3v) is 7.34. The van der Waals surface area contributed by atoms with E-state index in [9.17, 15) is 9.59 Å². The molecule has 3 amide bonds. The number of hydrogen-bond acceptors (Lipinski definition) is 4. The van der Waals surface area contributed by atoms with Crippen LogP contribution in [0.3, 0.4) is 0 Å². The fourth-order valence-corrected chi connectivity index (χ4v) is 5.09. The molecule has 7 nitrogen and oxygen atoms in total. The van der Waals surface area contributed by atoms with Crippen LogP contribution in [0.25, 0.3) is 0 Å². The maximum Gasteiger partial charge on any atom is 0.321 e. The van der Waals surface area contributed by atoms with Gasteiger partial charge in [-0.1, -0.05) is 32.3 Å². The smallest absolute Gasteiger partial charge is 0.321 e. The highest BCUT2D eigenvalue weighted by atomic mass is 16.5. The molecule has 1 aliphatic carbocycles. The second-order valence-corrected chi connectivity index (χ2v) is 9.91. The number of carbonyl (C=O) groups excluding carboxylic acids is 2. The molecule has 33 heavy (non-hydrogen) atoms. The molecule has 3 aliphatic rings. The summed E-state index contributed by atoms with van der Waals surface area (Å²) in [4.78, 5) is 33.2. The Balaban J connectivity index is 1.05. The van der Waals surface area contributed by atoms with Gasteiger partial charge in [0.25, 0.3) is 0 Å². The quantitative estimate of drug-likeness (QED) is 0.741. The number of likely N-dealkylation sites (tertiary alicyclic amines) is 2. The average Bonchev–Trinajstić information content (AvgIpc) is 2.77. The Morgan fingerprint density at radius 3 is 2.39 bits per heavy atom. The lowest BCUT2D eigenvalue weighted by Crippen LogP contribution is -2.59. The molecule has 5 rings (SSSR count). The minimum absolute atomic E-state index is 0.0343. The summed E-state index contributed by atoms with van der Waals surface area (Å²) in [5.41, 5.74) is 1.73. The van der Waals surface area contributed by atoms with E-state index in [0.29, 0.717) is 32.1 Å². The Bertz CT molecular complexity index is 976. The molecule has 1 N–H and O–H groups in total. The van der Waals surface area contributed by atoms with E-state index in [1.54, 1.807) is 11.1 Å². The minimum atomic E-state index is -0.183. The number of nitrogens with zero attached hydrogens (tertiary/aromatic N) is 3. The highest BCUT2D eigenvalue weighted by Gasteiger charge is 2.42. The van der Waals surface area contributed by atoms with E-state index in [1.165, 1.54) is 12.0 Å². The molecule has 0 bridgehead atoms. The number of pyridine rings is 1. The third-order valence-electron chi connectivity index (χ3n) is 7.34. The van der Waals surface area contributed by atoms with Crippen LogP contribution >= 0.6 is 0 Å². The zero-order valence-electron chi connectivity index (χ0n) is 19.2. The van der Waals surface area contributed by atoms with E-state index in [4.69, 9.17) is 4.74 Å². The van der Waals surface area contributed by atoms with Crippen LogP contribution in [-0.4, -0.2) is 59.0 Å². The molecule has 0 unspecified atom stereocenters. The van der Waals surface area contributed by atoms with Crippen LogP contribution in [0.4, 0.5) is 10.5 Å². The molecule has 0 radical (unpaired) electrons. The molecule has 2 saturated heterocycles. The van der Waals surface area contributed by atoms with Crippen molar-refractivity contribution in [2.75, 3.05) is 31.5 Å². The summed E-state index contributed by atoms with van der Waals surface area (Å²) in [5.74, 6) is 1.40. The SMILES string of the molecule is CC1(C(=O)N2CC(Oc3ccc(NC(=O)N4CC(c5cccnc5)C4)cc3)C2)CCCCC1. The predicted octanol–water partition coefficient (Wildman–Crippen LogP) is 4.27. The van der Waals surface area contributed by atoms with Gasteiger partial charge in [0.15, 0.2) is 0 Å². The summed E-state index contributed by atoms with van der Waals surface area (Å²) in [6.07, 6.45) is 9.22. The Labute approximate surface area is 195 Å². The first-order chi connectivity index (χ1) is 16.0. The monoisotopic (exact) mass is 448 g/mol. The number of rotatable bonds is 5. The van der Waals surface area contributed by atoms with Crippen LogP contribution in [0, 0.1) is 5.41 Å². The van der Waals surface area contributed by atoms with E-state index in [1.807, 2.05) is 41.4 Å². The number of carbonyl (C=O) groups is 2. The van der Waals surface area contributed by atoms with E-state index >= 15 is 0 Å². The van der Waals surface area contributed by atoms with E-state index in [0.717, 1.165) is 37.1 Å². The second-order valence-electron chi connectivity index (χ2n) is 9.91. The lowest BCUT2D eigenvalue weighted by Gasteiger charge is -2.44. The Morgan fingerprint density at radius 2 is 1.73 bits per heavy atom. The maximum atomic E-state index is 12.9. The molecule has 7 heteroatoms. The first-order valence-corrected chi connectivity index (χ1v) is 12.0. The van der Waals surface area contributed by atoms with Gasteiger partial charge in [-0.25, -0.2) is 4.79 Å². The van der Waals surface area contributed by atoms with E-state index < -0.39 is 0 Å². The molecule has 174 valence electrons. The van der Waals surface area contributed by atoms with Crippen LogP contribution in [0.15, 0.2) is 48.8 Å². The van der Waals surface area contributed by atoms with Gasteiger partial charge in [-0.15, -0.1) is 0 Å². The summed E-state index contributed by atoms with van der Waals surface area (Å²) in [6.45, 7) is 4.83. The number of amides is 3. The summed E-state index contributed by atoms with van der Waals surface area (Å²) < 4.78 is 6.03. The van der Waals surface area contributed by atoms with Gasteiger partial charge in [0, 0.05) is 42.5 Å². The Hall–Kier alpha value is -3.09. The van der Waals surface area contributed by atoms with Crippen LogP contribution < -0.4 is 10.1 Å². The van der Waals surface area contributed by atoms with Crippen molar-refractivity contribution in [1.82, 2.24) is 14.8 Å². The molecular formula is C26H32N4O3. The second kappa shape index (κ2) is 9.04. The topological polar surface area (TPSA) is 74.8 Å². The summed E-state index contributed by atoms with van der Waals surface area (Å²) in [7, 11) is 0. The molecule has 0 atom stereocenters. The lowest BCUT2D eigenvalue weighted by atomic mass is 9.74. The third kappa shape index (κ3) is 4.68. The maximum absolute atomic E-state index is 12.9. The Kier molecular flexibility index (Phi) is 5.96. The van der Waals surface area contributed by atoms with Crippen molar-refractivity contribution in [2.45, 2.75) is 51.0 Å². The van der Waals surface area contributed by atoms with Crippen molar-refractivity contribution >= 4 is 17.6 Å². The van der Waals surface area contributed by atoms with Gasteiger partial charge in [-0.3, -0.25) is 9.78 Å². The fourth-order valence-electron chi connectivity index (χ4n) is 5.09. The number of benzene rings is 1. The average molecular weight is 449 g/mol. The number of hydrogen-bond donors (Lipinski definition) is 1. The molecule has 3 fully saturated rings. The number of nitrogens with one attached hydrogen (secondary N) is 1.